The Bertz CT molecular complexity index is 838. The second-order valence-corrected chi connectivity index (χ2v) is 6.96. The van der Waals surface area contributed by atoms with Crippen molar-refractivity contribution in [3.8, 4) is 11.5 Å². The van der Waals surface area contributed by atoms with Gasteiger partial charge in [0.1, 0.15) is 11.5 Å². The van der Waals surface area contributed by atoms with Gasteiger partial charge in [-0.2, -0.15) is 0 Å². The number of rotatable bonds is 5. The van der Waals surface area contributed by atoms with Crippen LogP contribution in [0.5, 0.6) is 11.5 Å². The average molecular weight is 420 g/mol. The third kappa shape index (κ3) is 5.51. The number of halogens is 4. The average Bonchev–Trinajstić information content (AvgIpc) is 2.53. The number of aromatic hydroxyl groups is 2. The summed E-state index contributed by atoms with van der Waals surface area (Å²) in [6.45, 7) is 2.21. The van der Waals surface area contributed by atoms with Crippen molar-refractivity contribution in [3.63, 3.8) is 0 Å². The van der Waals surface area contributed by atoms with E-state index in [1.54, 1.807) is 12.1 Å². The molecule has 1 atom stereocenters. The van der Waals surface area contributed by atoms with Crippen LogP contribution in [0.4, 0.5) is 0 Å². The van der Waals surface area contributed by atoms with Crippen molar-refractivity contribution in [2.75, 3.05) is 6.54 Å². The molecule has 0 aliphatic heterocycles. The van der Waals surface area contributed by atoms with Gasteiger partial charge in [-0.1, -0.05) is 46.4 Å². The number of hydrogen-bond donors (Lipinski definition) is 2. The molecule has 0 aromatic heterocycles. The van der Waals surface area contributed by atoms with E-state index in [2.05, 4.69) is 9.98 Å². The molecule has 0 spiro atoms. The predicted molar refractivity (Wildman–Crippen MR) is 106 cm³/mol. The Balaban J connectivity index is 2.05. The molecule has 0 saturated carbocycles. The highest BCUT2D eigenvalue weighted by Crippen LogP contribution is 2.31. The van der Waals surface area contributed by atoms with E-state index in [0.717, 1.165) is 0 Å². The molecule has 25 heavy (non-hydrogen) atoms. The minimum absolute atomic E-state index is 0.0792. The number of hydrogen-bond acceptors (Lipinski definition) is 4. The van der Waals surface area contributed by atoms with E-state index < -0.39 is 0 Å². The van der Waals surface area contributed by atoms with E-state index in [-0.39, 0.29) is 27.6 Å². The Morgan fingerprint density at radius 3 is 1.88 bits per heavy atom. The van der Waals surface area contributed by atoms with Crippen LogP contribution < -0.4 is 0 Å². The zero-order chi connectivity index (χ0) is 18.6. The molecular weight excluding hydrogens is 406 g/mol. The highest BCUT2D eigenvalue weighted by atomic mass is 35.5. The van der Waals surface area contributed by atoms with Crippen LogP contribution in [-0.2, 0) is 0 Å². The maximum absolute atomic E-state index is 9.88. The maximum Gasteiger partial charge on any atom is 0.143 e. The fourth-order valence-corrected chi connectivity index (χ4v) is 2.95. The van der Waals surface area contributed by atoms with Crippen molar-refractivity contribution in [2.45, 2.75) is 13.0 Å². The second-order valence-electron chi connectivity index (χ2n) is 5.27. The normalized spacial score (nSPS) is 13.0. The Kier molecular flexibility index (Phi) is 6.96. The lowest BCUT2D eigenvalue weighted by Crippen LogP contribution is -2.04. The summed E-state index contributed by atoms with van der Waals surface area (Å²) in [5.74, 6) is -0.159. The molecule has 0 amide bonds. The fourth-order valence-electron chi connectivity index (χ4n) is 1.93. The van der Waals surface area contributed by atoms with E-state index >= 15 is 0 Å². The SMILES string of the molecule is C[C@H](CN=Cc1cc(Cl)cc(Cl)c1O)N=Cc1cc(Cl)cc(Cl)c1O. The summed E-state index contributed by atoms with van der Waals surface area (Å²) in [5, 5.41) is 20.9. The first-order chi connectivity index (χ1) is 11.8. The van der Waals surface area contributed by atoms with Crippen LogP contribution in [0, 0.1) is 0 Å². The first kappa shape index (κ1) is 19.9. The zero-order valence-electron chi connectivity index (χ0n) is 13.0. The van der Waals surface area contributed by atoms with Crippen molar-refractivity contribution in [1.29, 1.82) is 0 Å². The van der Waals surface area contributed by atoms with Crippen LogP contribution >= 0.6 is 46.4 Å². The summed E-state index contributed by atoms with van der Waals surface area (Å²) in [7, 11) is 0. The van der Waals surface area contributed by atoms with E-state index in [1.807, 2.05) is 6.92 Å². The van der Waals surface area contributed by atoms with Crippen LogP contribution in [0.15, 0.2) is 34.3 Å². The predicted octanol–water partition coefficient (Wildman–Crippen LogP) is 5.64. The van der Waals surface area contributed by atoms with Gasteiger partial charge in [0.2, 0.25) is 0 Å². The van der Waals surface area contributed by atoms with Gasteiger partial charge in [-0.3, -0.25) is 9.98 Å². The van der Waals surface area contributed by atoms with Crippen LogP contribution in [0.2, 0.25) is 20.1 Å². The van der Waals surface area contributed by atoms with Crippen molar-refractivity contribution >= 4 is 58.8 Å². The van der Waals surface area contributed by atoms with Crippen LogP contribution in [0.25, 0.3) is 0 Å². The van der Waals surface area contributed by atoms with Crippen LogP contribution in [0.1, 0.15) is 18.1 Å². The van der Waals surface area contributed by atoms with Crippen molar-refractivity contribution < 1.29 is 10.2 Å². The van der Waals surface area contributed by atoms with E-state index in [9.17, 15) is 10.2 Å². The molecule has 0 aliphatic rings. The largest absolute Gasteiger partial charge is 0.506 e. The molecule has 0 saturated heterocycles. The first-order valence-corrected chi connectivity index (χ1v) is 8.68. The summed E-state index contributed by atoms with van der Waals surface area (Å²) in [6.07, 6.45) is 2.97. The molecular formula is C17H14Cl4N2O2. The Labute approximate surface area is 165 Å². The molecule has 132 valence electrons. The number of nitrogens with zero attached hydrogens (tertiary/aromatic N) is 2. The van der Waals surface area contributed by atoms with Crippen molar-refractivity contribution in [1.82, 2.24) is 0 Å². The van der Waals surface area contributed by atoms with Gasteiger partial charge in [-0.05, 0) is 31.2 Å². The molecule has 2 N–H and O–H groups in total. The van der Waals surface area contributed by atoms with Gasteiger partial charge in [-0.15, -0.1) is 0 Å². The summed E-state index contributed by atoms with van der Waals surface area (Å²) in [4.78, 5) is 8.52. The van der Waals surface area contributed by atoms with Gasteiger partial charge in [0.05, 0.1) is 22.6 Å². The molecule has 2 rings (SSSR count). The monoisotopic (exact) mass is 418 g/mol. The Morgan fingerprint density at radius 1 is 0.880 bits per heavy atom. The minimum atomic E-state index is -0.176. The zero-order valence-corrected chi connectivity index (χ0v) is 16.1. The van der Waals surface area contributed by atoms with E-state index in [1.165, 1.54) is 24.6 Å². The molecule has 0 unspecified atom stereocenters. The lowest BCUT2D eigenvalue weighted by molar-refractivity contribution is 0.474. The number of phenolic OH excluding ortho intramolecular Hbond substituents is 2. The van der Waals surface area contributed by atoms with Gasteiger partial charge >= 0.3 is 0 Å². The standard InChI is InChI=1S/C17H14Cl4N2O2/c1-9(23-8-11-3-13(19)5-15(21)17(11)25)6-22-7-10-2-12(18)4-14(20)16(10)24/h2-5,7-9,24-25H,6H2,1H3/t9-/m1/s1. The fraction of sp³-hybridized carbons (Fsp3) is 0.176. The number of phenols is 2. The molecule has 8 heteroatoms. The topological polar surface area (TPSA) is 65.2 Å². The lowest BCUT2D eigenvalue weighted by atomic mass is 10.2. The summed E-state index contributed by atoms with van der Waals surface area (Å²) in [5.41, 5.74) is 0.848. The molecule has 0 bridgehead atoms. The molecule has 4 nitrogen and oxygen atoms in total. The molecule has 0 aliphatic carbocycles. The minimum Gasteiger partial charge on any atom is -0.506 e. The number of benzene rings is 2. The van der Waals surface area contributed by atoms with Crippen molar-refractivity contribution in [2.24, 2.45) is 9.98 Å². The van der Waals surface area contributed by atoms with E-state index in [0.29, 0.717) is 27.7 Å². The van der Waals surface area contributed by atoms with Crippen molar-refractivity contribution in [3.05, 3.63) is 55.5 Å². The highest BCUT2D eigenvalue weighted by molar-refractivity contribution is 6.36. The van der Waals surface area contributed by atoms with Gasteiger partial charge in [-0.25, -0.2) is 0 Å². The quantitative estimate of drug-likeness (QED) is 0.616. The second kappa shape index (κ2) is 8.77. The van der Waals surface area contributed by atoms with Gasteiger partial charge in [0, 0.05) is 33.6 Å². The Morgan fingerprint density at radius 2 is 1.36 bits per heavy atom. The molecule has 0 heterocycles. The van der Waals surface area contributed by atoms with Crippen LogP contribution in [-0.4, -0.2) is 35.2 Å². The summed E-state index contributed by atoms with van der Waals surface area (Å²) >= 11 is 23.5. The molecule has 0 radical (unpaired) electrons. The lowest BCUT2D eigenvalue weighted by Gasteiger charge is -2.05. The number of aliphatic imine (C=N–C) groups is 2. The first-order valence-electron chi connectivity index (χ1n) is 7.17. The van der Waals surface area contributed by atoms with Crippen LogP contribution in [0.3, 0.4) is 0 Å². The van der Waals surface area contributed by atoms with E-state index in [4.69, 9.17) is 46.4 Å². The summed E-state index contributed by atoms with van der Waals surface area (Å²) in [6, 6.07) is 5.85. The molecule has 2 aromatic carbocycles. The third-order valence-electron chi connectivity index (χ3n) is 3.18. The maximum atomic E-state index is 9.88. The third-order valence-corrected chi connectivity index (χ3v) is 4.20. The van der Waals surface area contributed by atoms with Gasteiger partial charge in [0.15, 0.2) is 0 Å². The summed E-state index contributed by atoms with van der Waals surface area (Å²) < 4.78 is 0. The smallest absolute Gasteiger partial charge is 0.143 e. The highest BCUT2D eigenvalue weighted by Gasteiger charge is 2.07. The van der Waals surface area contributed by atoms with Gasteiger partial charge in [0.25, 0.3) is 0 Å². The molecule has 2 aromatic rings. The van der Waals surface area contributed by atoms with Gasteiger partial charge < -0.3 is 10.2 Å². The Hall–Kier alpha value is -1.46. The molecule has 0 fully saturated rings.